The Balaban J connectivity index is 1.42. The maximum atomic E-state index is 7.08. The number of benzene rings is 5. The van der Waals surface area contributed by atoms with Gasteiger partial charge in [-0.05, 0) is 68.8 Å². The van der Waals surface area contributed by atoms with Crippen LogP contribution in [0.4, 0.5) is 0 Å². The molecule has 4 atom stereocenters. The molecule has 6 aliphatic carbocycles. The topological polar surface area (TPSA) is 73.8 Å². The number of hydrogen-bond donors (Lipinski definition) is 0. The Morgan fingerprint density at radius 1 is 0.365 bits per heavy atom. The molecule has 0 saturated heterocycles. The van der Waals surface area contributed by atoms with Crippen LogP contribution in [0, 0.1) is 0 Å². The summed E-state index contributed by atoms with van der Waals surface area (Å²) >= 11 is 0. The Labute approximate surface area is 304 Å². The molecule has 0 radical (unpaired) electrons. The van der Waals surface area contributed by atoms with Crippen molar-refractivity contribution in [2.45, 2.75) is 23.7 Å². The van der Waals surface area contributed by atoms with Crippen LogP contribution in [0.15, 0.2) is 72.8 Å². The van der Waals surface area contributed by atoms with E-state index in [-0.39, 0.29) is 23.7 Å². The lowest BCUT2D eigenvalue weighted by Crippen LogP contribution is -2.34. The van der Waals surface area contributed by atoms with Gasteiger partial charge in [0.05, 0.1) is 41.7 Å². The zero-order valence-electron chi connectivity index (χ0n) is 30.3. The predicted molar refractivity (Wildman–Crippen MR) is 197 cm³/mol. The minimum atomic E-state index is -0.140. The van der Waals surface area contributed by atoms with Crippen molar-refractivity contribution in [3.63, 3.8) is 0 Å². The van der Waals surface area contributed by atoms with Gasteiger partial charge in [0.15, 0.2) is 23.0 Å². The second-order valence-electron chi connectivity index (χ2n) is 13.7. The van der Waals surface area contributed by atoms with E-state index < -0.39 is 0 Å². The molecule has 266 valence electrons. The average molecular weight is 699 g/mol. The van der Waals surface area contributed by atoms with Crippen molar-refractivity contribution >= 4 is 0 Å². The molecule has 0 aromatic heterocycles. The van der Waals surface area contributed by atoms with Crippen LogP contribution in [-0.2, 0) is 9.47 Å². The first-order valence-electron chi connectivity index (χ1n) is 17.8. The van der Waals surface area contributed by atoms with E-state index in [4.69, 9.17) is 37.9 Å². The summed E-state index contributed by atoms with van der Waals surface area (Å²) in [6.07, 6.45) is 0. The van der Waals surface area contributed by atoms with Crippen LogP contribution in [0.1, 0.15) is 90.4 Å². The minimum Gasteiger partial charge on any atom is -0.493 e. The molecule has 0 N–H and O–H groups in total. The molecule has 0 amide bonds. The van der Waals surface area contributed by atoms with Crippen molar-refractivity contribution in [3.05, 3.63) is 140 Å². The van der Waals surface area contributed by atoms with Crippen LogP contribution < -0.4 is 28.4 Å². The summed E-state index contributed by atoms with van der Waals surface area (Å²) in [6.45, 7) is 1.70. The highest BCUT2D eigenvalue weighted by molar-refractivity contribution is 5.83. The fourth-order valence-corrected chi connectivity index (χ4v) is 9.50. The predicted octanol–water partition coefficient (Wildman–Crippen LogP) is 7.75. The first-order chi connectivity index (χ1) is 25.6. The van der Waals surface area contributed by atoms with Crippen LogP contribution in [-0.4, -0.2) is 69.1 Å². The summed E-state index contributed by atoms with van der Waals surface area (Å²) in [7, 11) is 10.2. The lowest BCUT2D eigenvalue weighted by molar-refractivity contribution is 0.141. The highest BCUT2D eigenvalue weighted by Gasteiger charge is 2.52. The summed E-state index contributed by atoms with van der Waals surface area (Å²) in [6, 6.07) is 26.2. The van der Waals surface area contributed by atoms with Gasteiger partial charge in [-0.3, -0.25) is 0 Å². The third-order valence-electron chi connectivity index (χ3n) is 11.4. The van der Waals surface area contributed by atoms with Crippen molar-refractivity contribution in [1.29, 1.82) is 0 Å². The first kappa shape index (κ1) is 32.7. The molecule has 52 heavy (non-hydrogen) atoms. The van der Waals surface area contributed by atoms with E-state index in [1.165, 1.54) is 44.5 Å². The average Bonchev–Trinajstić information content (AvgIpc) is 3.19. The molecule has 0 fully saturated rings. The van der Waals surface area contributed by atoms with Crippen molar-refractivity contribution in [3.8, 4) is 34.5 Å². The van der Waals surface area contributed by atoms with Crippen molar-refractivity contribution in [1.82, 2.24) is 0 Å². The molecule has 8 nitrogen and oxygen atoms in total. The second kappa shape index (κ2) is 12.8. The fourth-order valence-electron chi connectivity index (χ4n) is 9.50. The van der Waals surface area contributed by atoms with Gasteiger partial charge in [-0.25, -0.2) is 0 Å². The van der Waals surface area contributed by atoms with Crippen LogP contribution in [0.2, 0.25) is 0 Å². The zero-order chi connectivity index (χ0) is 35.7. The maximum Gasteiger partial charge on any atom is 0.161 e. The molecule has 0 heterocycles. The van der Waals surface area contributed by atoms with Crippen molar-refractivity contribution in [2.75, 3.05) is 69.1 Å². The van der Waals surface area contributed by atoms with Gasteiger partial charge in [0.1, 0.15) is 24.7 Å². The molecule has 4 bridgehead atoms. The van der Waals surface area contributed by atoms with Gasteiger partial charge in [0.25, 0.3) is 0 Å². The normalized spacial score (nSPS) is 19.0. The van der Waals surface area contributed by atoms with Crippen LogP contribution in [0.5, 0.6) is 34.5 Å². The highest BCUT2D eigenvalue weighted by Crippen LogP contribution is 2.68. The summed E-state index contributed by atoms with van der Waals surface area (Å²) < 4.78 is 48.9. The van der Waals surface area contributed by atoms with E-state index in [1.54, 1.807) is 42.7 Å². The van der Waals surface area contributed by atoms with Crippen molar-refractivity contribution in [2.24, 2.45) is 0 Å². The van der Waals surface area contributed by atoms with Gasteiger partial charge >= 0.3 is 0 Å². The number of rotatable bonds is 12. The first-order valence-corrected chi connectivity index (χ1v) is 17.8. The molecule has 11 rings (SSSR count). The van der Waals surface area contributed by atoms with Gasteiger partial charge in [0, 0.05) is 60.1 Å². The number of methoxy groups -OCH3 is 6. The summed E-state index contributed by atoms with van der Waals surface area (Å²) in [5, 5.41) is 0. The molecule has 8 heteroatoms. The van der Waals surface area contributed by atoms with E-state index in [1.807, 2.05) is 0 Å². The summed E-state index contributed by atoms with van der Waals surface area (Å²) in [4.78, 5) is 0. The van der Waals surface area contributed by atoms with Gasteiger partial charge in [-0.2, -0.15) is 0 Å². The molecule has 5 aromatic carbocycles. The van der Waals surface area contributed by atoms with E-state index in [2.05, 4.69) is 72.8 Å². The summed E-state index contributed by atoms with van der Waals surface area (Å²) in [5.74, 6) is 4.04. The number of hydrogen-bond acceptors (Lipinski definition) is 8. The smallest absolute Gasteiger partial charge is 0.161 e. The Kier molecular flexibility index (Phi) is 8.05. The van der Waals surface area contributed by atoms with E-state index in [0.29, 0.717) is 49.4 Å². The van der Waals surface area contributed by atoms with Gasteiger partial charge in [0.2, 0.25) is 0 Å². The van der Waals surface area contributed by atoms with Crippen LogP contribution in [0.25, 0.3) is 0 Å². The molecule has 0 saturated carbocycles. The minimum absolute atomic E-state index is 0.140. The zero-order valence-corrected chi connectivity index (χ0v) is 30.3. The molecule has 0 unspecified atom stereocenters. The highest BCUT2D eigenvalue weighted by atomic mass is 16.5. The Hall–Kier alpha value is -5.18. The summed E-state index contributed by atoms with van der Waals surface area (Å²) in [5.41, 5.74) is 14.3. The molecular formula is C44H42O8. The Morgan fingerprint density at radius 2 is 0.635 bits per heavy atom. The third kappa shape index (κ3) is 4.47. The monoisotopic (exact) mass is 698 g/mol. The maximum absolute atomic E-state index is 7.08. The SMILES string of the molecule is COCCOc1c2c(c(OCCOC)c3c1[C@@H]1c4ccccc4[C@H]3c3cc(OC)c(OC)cc31)[C@H]1c3ccccc3[C@@H]2c2cc(OC)c(OC)cc21. The van der Waals surface area contributed by atoms with Crippen LogP contribution >= 0.6 is 0 Å². The van der Waals surface area contributed by atoms with Crippen molar-refractivity contribution < 1.29 is 37.9 Å². The van der Waals surface area contributed by atoms with Gasteiger partial charge in [-0.1, -0.05) is 48.5 Å². The lowest BCUT2D eigenvalue weighted by atomic mass is 9.55. The molecular weight excluding hydrogens is 656 g/mol. The third-order valence-corrected chi connectivity index (χ3v) is 11.4. The van der Waals surface area contributed by atoms with E-state index in [9.17, 15) is 0 Å². The quantitative estimate of drug-likeness (QED) is 0.120. The van der Waals surface area contributed by atoms with Gasteiger partial charge < -0.3 is 37.9 Å². The molecule has 6 aliphatic rings. The molecule has 5 aromatic rings. The van der Waals surface area contributed by atoms with Gasteiger partial charge in [-0.15, -0.1) is 0 Å². The Morgan fingerprint density at radius 3 is 0.865 bits per heavy atom. The lowest BCUT2D eigenvalue weighted by Gasteiger charge is -2.49. The Bertz CT molecular complexity index is 1930. The standard InChI is InChI=1S/C44H42O8/c1-45-15-17-51-43-39-35-23-11-7-9-13-25(23)37(29-21-33(49-5)31(47-3)19-27(29)35)41(39)44(52-18-16-46-2)42-38-26-14-10-8-12-24(26)36(40(42)43)28-20-32(48-4)34(50-6)22-30(28)38/h7-14,19-22,35-38H,15-18H2,1-6H3/t35-,36-,37+,38+. The largest absolute Gasteiger partial charge is 0.493 e. The molecule has 0 spiro atoms. The molecule has 0 aliphatic heterocycles. The van der Waals surface area contributed by atoms with E-state index >= 15 is 0 Å². The fraction of sp³-hybridized carbons (Fsp3) is 0.318. The van der Waals surface area contributed by atoms with E-state index in [0.717, 1.165) is 33.8 Å². The second-order valence-corrected chi connectivity index (χ2v) is 13.7. The van der Waals surface area contributed by atoms with Crippen LogP contribution in [0.3, 0.4) is 0 Å². The number of ether oxygens (including phenoxy) is 8.